The minimum Gasteiger partial charge on any atom is -0.550 e. The van der Waals surface area contributed by atoms with Crippen LogP contribution in [0.25, 0.3) is 0 Å². The SMILES string of the molecule is O=C([O-])CCSCCC(=O)[O-].[Ni+2]. The number of carboxylic acid groups (broad SMARTS) is 2. The van der Waals surface area contributed by atoms with Crippen molar-refractivity contribution < 1.29 is 36.3 Å². The largest absolute Gasteiger partial charge is 2.00 e. The Morgan fingerprint density at radius 1 is 1.00 bits per heavy atom. The topological polar surface area (TPSA) is 80.3 Å². The summed E-state index contributed by atoms with van der Waals surface area (Å²) in [7, 11) is 0. The molecule has 0 aliphatic rings. The van der Waals surface area contributed by atoms with Gasteiger partial charge >= 0.3 is 16.5 Å². The van der Waals surface area contributed by atoms with E-state index in [4.69, 9.17) is 0 Å². The second-order valence-electron chi connectivity index (χ2n) is 1.86. The van der Waals surface area contributed by atoms with Gasteiger partial charge in [0.1, 0.15) is 0 Å². The van der Waals surface area contributed by atoms with Crippen LogP contribution in [0, 0.1) is 0 Å². The maximum Gasteiger partial charge on any atom is 2.00 e. The molecule has 0 amide bonds. The van der Waals surface area contributed by atoms with E-state index in [1.807, 2.05) is 0 Å². The van der Waals surface area contributed by atoms with Crippen molar-refractivity contribution in [3.63, 3.8) is 0 Å². The Balaban J connectivity index is 0. The molecule has 0 spiro atoms. The van der Waals surface area contributed by atoms with Gasteiger partial charge in [0.15, 0.2) is 0 Å². The summed E-state index contributed by atoms with van der Waals surface area (Å²) in [4.78, 5) is 19.7. The number of carbonyl (C=O) groups is 2. The Morgan fingerprint density at radius 3 is 1.58 bits per heavy atom. The van der Waals surface area contributed by atoms with Crippen molar-refractivity contribution in [2.45, 2.75) is 12.8 Å². The molecule has 0 aromatic heterocycles. The second kappa shape index (κ2) is 8.88. The van der Waals surface area contributed by atoms with Crippen LogP contribution in [0.15, 0.2) is 0 Å². The minimum atomic E-state index is -1.11. The number of aliphatic carboxylic acids is 2. The molecule has 0 atom stereocenters. The fourth-order valence-corrected chi connectivity index (χ4v) is 1.24. The molecule has 72 valence electrons. The van der Waals surface area contributed by atoms with Crippen LogP contribution in [0.4, 0.5) is 0 Å². The Hall–Kier alpha value is -0.216. The van der Waals surface area contributed by atoms with E-state index in [1.54, 1.807) is 0 Å². The number of hydrogen-bond donors (Lipinski definition) is 0. The van der Waals surface area contributed by atoms with Crippen LogP contribution in [0.5, 0.6) is 0 Å². The minimum absolute atomic E-state index is 0. The van der Waals surface area contributed by atoms with Crippen LogP contribution < -0.4 is 10.2 Å². The summed E-state index contributed by atoms with van der Waals surface area (Å²) in [5.41, 5.74) is 0. The summed E-state index contributed by atoms with van der Waals surface area (Å²) in [6.45, 7) is 0. The Bertz CT molecular complexity index is 134. The quantitative estimate of drug-likeness (QED) is 0.392. The van der Waals surface area contributed by atoms with Crippen LogP contribution in [0.1, 0.15) is 12.8 Å². The molecular formula is C6H8NiO4S. The molecule has 0 aromatic rings. The molecule has 0 radical (unpaired) electrons. The molecule has 0 unspecified atom stereocenters. The van der Waals surface area contributed by atoms with Gasteiger partial charge in [-0.3, -0.25) is 0 Å². The molecule has 6 heteroatoms. The van der Waals surface area contributed by atoms with E-state index in [2.05, 4.69) is 0 Å². The van der Waals surface area contributed by atoms with E-state index in [0.717, 1.165) is 0 Å². The van der Waals surface area contributed by atoms with Crippen LogP contribution in [0.2, 0.25) is 0 Å². The first kappa shape index (κ1) is 14.3. The van der Waals surface area contributed by atoms with Crippen LogP contribution in [0.3, 0.4) is 0 Å². The predicted molar refractivity (Wildman–Crippen MR) is 36.6 cm³/mol. The fourth-order valence-electron chi connectivity index (χ4n) is 0.413. The van der Waals surface area contributed by atoms with Crippen molar-refractivity contribution in [2.24, 2.45) is 0 Å². The summed E-state index contributed by atoms with van der Waals surface area (Å²) >= 11 is 1.27. The van der Waals surface area contributed by atoms with Gasteiger partial charge in [-0.05, 0) is 24.3 Å². The number of carbonyl (C=O) groups excluding carboxylic acids is 2. The van der Waals surface area contributed by atoms with Gasteiger partial charge in [0.25, 0.3) is 0 Å². The van der Waals surface area contributed by atoms with E-state index >= 15 is 0 Å². The number of hydrogen-bond acceptors (Lipinski definition) is 5. The van der Waals surface area contributed by atoms with Crippen molar-refractivity contribution in [3.8, 4) is 0 Å². The van der Waals surface area contributed by atoms with Crippen molar-refractivity contribution >= 4 is 23.7 Å². The van der Waals surface area contributed by atoms with E-state index in [0.29, 0.717) is 11.5 Å². The van der Waals surface area contributed by atoms with Crippen LogP contribution in [-0.4, -0.2) is 23.4 Å². The van der Waals surface area contributed by atoms with Crippen molar-refractivity contribution in [3.05, 3.63) is 0 Å². The van der Waals surface area contributed by atoms with Gasteiger partial charge in [-0.1, -0.05) is 0 Å². The van der Waals surface area contributed by atoms with Gasteiger partial charge in [-0.2, -0.15) is 11.8 Å². The summed E-state index contributed by atoms with van der Waals surface area (Å²) in [5.74, 6) is -1.41. The summed E-state index contributed by atoms with van der Waals surface area (Å²) in [6.07, 6.45) is -0.0601. The molecule has 0 fully saturated rings. The molecule has 0 aliphatic heterocycles. The van der Waals surface area contributed by atoms with Gasteiger partial charge in [0, 0.05) is 11.9 Å². The number of rotatable bonds is 6. The van der Waals surface area contributed by atoms with Crippen molar-refractivity contribution in [2.75, 3.05) is 11.5 Å². The number of thioether (sulfide) groups is 1. The molecule has 12 heavy (non-hydrogen) atoms. The van der Waals surface area contributed by atoms with Gasteiger partial charge in [0.2, 0.25) is 0 Å². The zero-order valence-corrected chi connectivity index (χ0v) is 7.99. The Morgan fingerprint density at radius 2 is 1.33 bits per heavy atom. The van der Waals surface area contributed by atoms with Crippen LogP contribution >= 0.6 is 11.8 Å². The second-order valence-corrected chi connectivity index (χ2v) is 3.08. The van der Waals surface area contributed by atoms with Gasteiger partial charge in [-0.15, -0.1) is 0 Å². The number of carboxylic acids is 2. The van der Waals surface area contributed by atoms with Crippen LogP contribution in [-0.2, 0) is 26.1 Å². The smallest absolute Gasteiger partial charge is 0.550 e. The van der Waals surface area contributed by atoms with E-state index < -0.39 is 11.9 Å². The molecule has 4 nitrogen and oxygen atoms in total. The molecule has 0 saturated heterocycles. The van der Waals surface area contributed by atoms with Gasteiger partial charge in [0.05, 0.1) is 0 Å². The van der Waals surface area contributed by atoms with E-state index in [9.17, 15) is 19.8 Å². The third-order valence-electron chi connectivity index (χ3n) is 0.901. The molecular weight excluding hydrogens is 227 g/mol. The normalized spacial score (nSPS) is 8.67. The maximum atomic E-state index is 9.84. The molecule has 0 heterocycles. The van der Waals surface area contributed by atoms with Gasteiger partial charge < -0.3 is 19.8 Å². The first-order chi connectivity index (χ1) is 5.13. The standard InChI is InChI=1S/C6H10O4S.Ni/c7-5(8)1-3-11-4-2-6(9)10;/h1-4H2,(H,7,8)(H,9,10);/q;+2/p-2. The molecule has 0 aromatic carbocycles. The Labute approximate surface area is 84.6 Å². The molecule has 0 rings (SSSR count). The predicted octanol–water partition coefficient (Wildman–Crippen LogP) is -2.00. The van der Waals surface area contributed by atoms with E-state index in [-0.39, 0.29) is 29.3 Å². The first-order valence-corrected chi connectivity index (χ1v) is 4.26. The molecule has 0 aliphatic carbocycles. The summed E-state index contributed by atoms with van der Waals surface area (Å²) in [5, 5.41) is 19.7. The first-order valence-electron chi connectivity index (χ1n) is 3.10. The zero-order valence-electron chi connectivity index (χ0n) is 6.19. The maximum absolute atomic E-state index is 9.84. The third kappa shape index (κ3) is 12.5. The third-order valence-corrected chi connectivity index (χ3v) is 1.89. The fraction of sp³-hybridized carbons (Fsp3) is 0.667. The average molecular weight is 235 g/mol. The van der Waals surface area contributed by atoms with Crippen molar-refractivity contribution in [1.82, 2.24) is 0 Å². The zero-order chi connectivity index (χ0) is 8.69. The van der Waals surface area contributed by atoms with E-state index in [1.165, 1.54) is 11.8 Å². The summed E-state index contributed by atoms with van der Waals surface area (Å²) in [6, 6.07) is 0. The molecule has 0 saturated carbocycles. The summed E-state index contributed by atoms with van der Waals surface area (Å²) < 4.78 is 0. The molecule has 0 N–H and O–H groups in total. The molecule has 0 bridgehead atoms. The van der Waals surface area contributed by atoms with Gasteiger partial charge in [-0.25, -0.2) is 0 Å². The average Bonchev–Trinajstić information content (AvgIpc) is 1.85. The van der Waals surface area contributed by atoms with Crippen molar-refractivity contribution in [1.29, 1.82) is 0 Å². The monoisotopic (exact) mass is 234 g/mol. The Kier molecular flexibility index (Phi) is 10.6.